The highest BCUT2D eigenvalue weighted by molar-refractivity contribution is 5.86. The normalized spacial score (nSPS) is 13.8. The summed E-state index contributed by atoms with van der Waals surface area (Å²) in [6, 6.07) is 9.92. The minimum Gasteiger partial charge on any atom is -0.480 e. The molecule has 0 amide bonds. The first-order valence-corrected chi connectivity index (χ1v) is 9.90. The molecule has 0 aliphatic heterocycles. The lowest BCUT2D eigenvalue weighted by molar-refractivity contribution is -0.140. The molecule has 0 saturated heterocycles. The van der Waals surface area contributed by atoms with Crippen molar-refractivity contribution in [3.05, 3.63) is 59.7 Å². The Morgan fingerprint density at radius 3 is 1.87 bits per heavy atom. The van der Waals surface area contributed by atoms with Crippen molar-refractivity contribution in [3.8, 4) is 11.1 Å². The average molecular weight is 437 g/mol. The molecular formula is C23H26F3NO4. The Morgan fingerprint density at radius 2 is 1.45 bits per heavy atom. The van der Waals surface area contributed by atoms with E-state index >= 15 is 0 Å². The third-order valence-corrected chi connectivity index (χ3v) is 4.89. The predicted molar refractivity (Wildman–Crippen MR) is 110 cm³/mol. The molecule has 2 aromatic carbocycles. The van der Waals surface area contributed by atoms with E-state index in [9.17, 15) is 33.0 Å². The fourth-order valence-electron chi connectivity index (χ4n) is 3.25. The summed E-state index contributed by atoms with van der Waals surface area (Å²) in [6.45, 7) is 3.04. The van der Waals surface area contributed by atoms with Gasteiger partial charge >= 0.3 is 12.1 Å². The van der Waals surface area contributed by atoms with Crippen LogP contribution in [0.25, 0.3) is 11.1 Å². The second-order valence-electron chi connectivity index (χ2n) is 7.84. The van der Waals surface area contributed by atoms with Crippen molar-refractivity contribution in [1.82, 2.24) is 5.32 Å². The van der Waals surface area contributed by atoms with Crippen LogP contribution >= 0.6 is 0 Å². The number of aliphatic hydroxyl groups is 1. The van der Waals surface area contributed by atoms with Gasteiger partial charge in [0.25, 0.3) is 0 Å². The minimum atomic E-state index is -4.40. The van der Waals surface area contributed by atoms with Gasteiger partial charge in [0, 0.05) is 0 Å². The summed E-state index contributed by atoms with van der Waals surface area (Å²) in [5, 5.41) is 21.5. The van der Waals surface area contributed by atoms with Crippen molar-refractivity contribution in [2.45, 2.75) is 44.9 Å². The average Bonchev–Trinajstić information content (AvgIpc) is 2.71. The third-order valence-electron chi connectivity index (χ3n) is 4.89. The number of Topliss-reactive ketones (excluding diaryl/α,β-unsaturated/α-hetero) is 1. The summed E-state index contributed by atoms with van der Waals surface area (Å²) in [5.41, 5.74) is 1.32. The number of hydrogen-bond acceptors (Lipinski definition) is 4. The molecule has 0 saturated carbocycles. The lowest BCUT2D eigenvalue weighted by atomic mass is 9.96. The fraction of sp³-hybridized carbons (Fsp3) is 0.391. The van der Waals surface area contributed by atoms with Crippen LogP contribution in [0.1, 0.15) is 31.4 Å². The van der Waals surface area contributed by atoms with Crippen LogP contribution in [0.2, 0.25) is 0 Å². The maximum atomic E-state index is 12.7. The summed E-state index contributed by atoms with van der Waals surface area (Å²) in [4.78, 5) is 23.7. The molecule has 168 valence electrons. The lowest BCUT2D eigenvalue weighted by Crippen LogP contribution is -2.49. The topological polar surface area (TPSA) is 86.6 Å². The van der Waals surface area contributed by atoms with E-state index in [1.165, 1.54) is 12.1 Å². The van der Waals surface area contributed by atoms with Crippen LogP contribution in [0.15, 0.2) is 48.5 Å². The number of hydrogen-bond donors (Lipinski definition) is 3. The molecule has 2 aromatic rings. The van der Waals surface area contributed by atoms with Gasteiger partial charge in [0.1, 0.15) is 12.6 Å². The molecule has 0 aliphatic carbocycles. The molecule has 0 heterocycles. The zero-order valence-corrected chi connectivity index (χ0v) is 17.3. The Balaban J connectivity index is 2.15. The maximum absolute atomic E-state index is 12.7. The van der Waals surface area contributed by atoms with Gasteiger partial charge in [-0.05, 0) is 47.6 Å². The molecule has 8 heteroatoms. The largest absolute Gasteiger partial charge is 0.480 e. The van der Waals surface area contributed by atoms with Crippen molar-refractivity contribution in [1.29, 1.82) is 0 Å². The van der Waals surface area contributed by atoms with E-state index in [-0.39, 0.29) is 12.3 Å². The molecule has 0 unspecified atom stereocenters. The van der Waals surface area contributed by atoms with Crippen molar-refractivity contribution in [2.75, 3.05) is 6.61 Å². The molecule has 0 spiro atoms. The van der Waals surface area contributed by atoms with Crippen LogP contribution < -0.4 is 5.32 Å². The van der Waals surface area contributed by atoms with Crippen LogP contribution in [-0.4, -0.2) is 40.7 Å². The second kappa shape index (κ2) is 10.5. The standard InChI is InChI=1S/C23H26F3NO4/c1-14(2)11-20(22(30)31)27-19(21(29)13-28)12-15-3-5-16(6-4-15)17-7-9-18(10-8-17)23(24,25)26/h3-10,14,19-20,27-28H,11-13H2,1-2H3,(H,30,31)/t19-,20-/m0/s1. The van der Waals surface area contributed by atoms with Crippen LogP contribution in [0, 0.1) is 5.92 Å². The van der Waals surface area contributed by atoms with Crippen LogP contribution in [0.3, 0.4) is 0 Å². The van der Waals surface area contributed by atoms with Gasteiger partial charge in [0.2, 0.25) is 0 Å². The minimum absolute atomic E-state index is 0.0986. The number of rotatable bonds is 10. The van der Waals surface area contributed by atoms with Crippen LogP contribution in [0.4, 0.5) is 13.2 Å². The van der Waals surface area contributed by atoms with E-state index in [4.69, 9.17) is 0 Å². The molecule has 5 nitrogen and oxygen atoms in total. The van der Waals surface area contributed by atoms with Crippen molar-refractivity contribution >= 4 is 11.8 Å². The zero-order valence-electron chi connectivity index (χ0n) is 17.3. The number of aliphatic carboxylic acids is 1. The zero-order chi connectivity index (χ0) is 23.2. The quantitative estimate of drug-likeness (QED) is 0.524. The first kappa shape index (κ1) is 24.6. The molecule has 0 radical (unpaired) electrons. The van der Waals surface area contributed by atoms with Gasteiger partial charge in [-0.15, -0.1) is 0 Å². The van der Waals surface area contributed by atoms with Gasteiger partial charge < -0.3 is 10.2 Å². The summed E-state index contributed by atoms with van der Waals surface area (Å²) in [7, 11) is 0. The van der Waals surface area contributed by atoms with Gasteiger partial charge in [0.05, 0.1) is 11.6 Å². The van der Waals surface area contributed by atoms with Gasteiger partial charge in [-0.3, -0.25) is 14.9 Å². The highest BCUT2D eigenvalue weighted by Crippen LogP contribution is 2.31. The number of ketones is 1. The number of halogens is 3. The van der Waals surface area contributed by atoms with Gasteiger partial charge in [-0.25, -0.2) is 0 Å². The van der Waals surface area contributed by atoms with E-state index in [1.54, 1.807) is 24.3 Å². The summed E-state index contributed by atoms with van der Waals surface area (Å²) in [5.74, 6) is -1.48. The second-order valence-corrected chi connectivity index (χ2v) is 7.84. The summed E-state index contributed by atoms with van der Waals surface area (Å²) >= 11 is 0. The highest BCUT2D eigenvalue weighted by Gasteiger charge is 2.30. The van der Waals surface area contributed by atoms with Crippen molar-refractivity contribution in [3.63, 3.8) is 0 Å². The number of carboxylic acid groups (broad SMARTS) is 1. The lowest BCUT2D eigenvalue weighted by Gasteiger charge is -2.23. The van der Waals surface area contributed by atoms with Crippen LogP contribution in [-0.2, 0) is 22.2 Å². The Hall–Kier alpha value is -2.71. The van der Waals surface area contributed by atoms with Crippen molar-refractivity contribution < 1.29 is 33.0 Å². The molecule has 3 N–H and O–H groups in total. The molecular weight excluding hydrogens is 411 g/mol. The Bertz CT molecular complexity index is 877. The maximum Gasteiger partial charge on any atom is 0.416 e. The molecule has 0 aromatic heterocycles. The Kier molecular flexibility index (Phi) is 8.36. The first-order chi connectivity index (χ1) is 14.5. The third kappa shape index (κ3) is 7.18. The molecule has 0 aliphatic rings. The number of alkyl halides is 3. The number of carboxylic acids is 1. The number of aliphatic hydroxyl groups excluding tert-OH is 1. The van der Waals surface area contributed by atoms with Gasteiger partial charge in [-0.2, -0.15) is 13.2 Å². The molecule has 31 heavy (non-hydrogen) atoms. The molecule has 2 atom stereocenters. The fourth-order valence-corrected chi connectivity index (χ4v) is 3.25. The van der Waals surface area contributed by atoms with Gasteiger partial charge in [0.15, 0.2) is 5.78 Å². The van der Waals surface area contributed by atoms with E-state index < -0.39 is 42.2 Å². The van der Waals surface area contributed by atoms with Crippen molar-refractivity contribution in [2.24, 2.45) is 5.92 Å². The van der Waals surface area contributed by atoms with E-state index in [0.29, 0.717) is 17.5 Å². The molecule has 0 fully saturated rings. The number of carbonyl (C=O) groups is 2. The van der Waals surface area contributed by atoms with Gasteiger partial charge in [-0.1, -0.05) is 50.2 Å². The number of nitrogens with one attached hydrogen (secondary N) is 1. The van der Waals surface area contributed by atoms with E-state index in [2.05, 4.69) is 5.32 Å². The Morgan fingerprint density at radius 1 is 0.935 bits per heavy atom. The summed E-state index contributed by atoms with van der Waals surface area (Å²) < 4.78 is 38.1. The number of benzene rings is 2. The Labute approximate surface area is 178 Å². The van der Waals surface area contributed by atoms with E-state index in [0.717, 1.165) is 17.7 Å². The number of carbonyl (C=O) groups excluding carboxylic acids is 1. The van der Waals surface area contributed by atoms with E-state index in [1.807, 2.05) is 13.8 Å². The SMILES string of the molecule is CC(C)C[C@H](N[C@@H](Cc1ccc(-c2ccc(C(F)(F)F)cc2)cc1)C(=O)CO)C(=O)O. The monoisotopic (exact) mass is 437 g/mol. The highest BCUT2D eigenvalue weighted by atomic mass is 19.4. The first-order valence-electron chi connectivity index (χ1n) is 9.90. The molecule has 0 bridgehead atoms. The molecule has 2 rings (SSSR count). The summed E-state index contributed by atoms with van der Waals surface area (Å²) in [6.07, 6.45) is -3.89. The van der Waals surface area contributed by atoms with Crippen LogP contribution in [0.5, 0.6) is 0 Å². The smallest absolute Gasteiger partial charge is 0.416 e. The predicted octanol–water partition coefficient (Wildman–Crippen LogP) is 3.93.